The van der Waals surface area contributed by atoms with E-state index >= 15 is 0 Å². The summed E-state index contributed by atoms with van der Waals surface area (Å²) in [7, 11) is 3.72. The predicted octanol–water partition coefficient (Wildman–Crippen LogP) is 1.95. The molecule has 0 bridgehead atoms. The number of likely N-dealkylation sites (tertiary alicyclic amines) is 1. The standard InChI is InChI=1S/C22H33N3O4/c1-16-4-6-18(20(14-16)29-3)22(28)25-9-8-19(17(15-25)5-7-21(26)27)24-12-10-23(2)11-13-24/h4,6,14,17,19H,5,7-13,15H2,1-3H3,(H,26,27)/t17-,19+/m0/s1. The van der Waals surface area contributed by atoms with E-state index < -0.39 is 5.97 Å². The van der Waals surface area contributed by atoms with Crippen molar-refractivity contribution in [1.29, 1.82) is 0 Å². The second-order valence-corrected chi connectivity index (χ2v) is 8.34. The number of hydrogen-bond acceptors (Lipinski definition) is 5. The number of aryl methyl sites for hydroxylation is 1. The number of carboxylic acids is 1. The van der Waals surface area contributed by atoms with Gasteiger partial charge in [0.25, 0.3) is 5.91 Å². The summed E-state index contributed by atoms with van der Waals surface area (Å²) in [6.07, 6.45) is 1.62. The van der Waals surface area contributed by atoms with Gasteiger partial charge in [0.05, 0.1) is 12.7 Å². The number of carbonyl (C=O) groups is 2. The monoisotopic (exact) mass is 403 g/mol. The number of piperazine rings is 1. The molecule has 160 valence electrons. The number of piperidine rings is 1. The molecule has 2 aliphatic rings. The molecule has 1 amide bonds. The van der Waals surface area contributed by atoms with Gasteiger partial charge in [-0.3, -0.25) is 14.5 Å². The summed E-state index contributed by atoms with van der Waals surface area (Å²) in [5, 5.41) is 9.21. The maximum atomic E-state index is 13.2. The minimum Gasteiger partial charge on any atom is -0.496 e. The first-order valence-corrected chi connectivity index (χ1v) is 10.5. The van der Waals surface area contributed by atoms with Crippen LogP contribution >= 0.6 is 0 Å². The highest BCUT2D eigenvalue weighted by molar-refractivity contribution is 5.97. The van der Waals surface area contributed by atoms with Crippen LogP contribution in [-0.4, -0.2) is 91.2 Å². The largest absolute Gasteiger partial charge is 0.496 e. The lowest BCUT2D eigenvalue weighted by Gasteiger charge is -2.46. The number of carboxylic acid groups (broad SMARTS) is 1. The molecule has 2 aliphatic heterocycles. The highest BCUT2D eigenvalue weighted by Gasteiger charge is 2.36. The van der Waals surface area contributed by atoms with E-state index in [1.807, 2.05) is 30.0 Å². The van der Waals surface area contributed by atoms with Gasteiger partial charge in [0.2, 0.25) is 0 Å². The number of aliphatic carboxylic acids is 1. The third kappa shape index (κ3) is 5.28. The van der Waals surface area contributed by atoms with Crippen LogP contribution in [0.1, 0.15) is 35.2 Å². The van der Waals surface area contributed by atoms with E-state index in [-0.39, 0.29) is 18.2 Å². The molecule has 3 rings (SSSR count). The van der Waals surface area contributed by atoms with Crippen molar-refractivity contribution in [3.05, 3.63) is 29.3 Å². The Kier molecular flexibility index (Phi) is 7.14. The van der Waals surface area contributed by atoms with E-state index in [1.165, 1.54) is 0 Å². The van der Waals surface area contributed by atoms with Crippen LogP contribution in [-0.2, 0) is 4.79 Å². The van der Waals surface area contributed by atoms with E-state index in [9.17, 15) is 14.7 Å². The van der Waals surface area contributed by atoms with Gasteiger partial charge in [-0.15, -0.1) is 0 Å². The number of nitrogens with zero attached hydrogens (tertiary/aromatic N) is 3. The van der Waals surface area contributed by atoms with Crippen LogP contribution < -0.4 is 4.74 Å². The van der Waals surface area contributed by atoms with Crippen molar-refractivity contribution in [3.8, 4) is 5.75 Å². The molecule has 2 saturated heterocycles. The van der Waals surface area contributed by atoms with Gasteiger partial charge in [-0.2, -0.15) is 0 Å². The Hall–Kier alpha value is -2.12. The molecule has 1 aromatic carbocycles. The highest BCUT2D eigenvalue weighted by atomic mass is 16.5. The number of amides is 1. The molecule has 0 aromatic heterocycles. The molecular formula is C22H33N3O4. The summed E-state index contributed by atoms with van der Waals surface area (Å²) in [6, 6.07) is 5.97. The first-order chi connectivity index (χ1) is 13.9. The molecule has 2 atom stereocenters. The summed E-state index contributed by atoms with van der Waals surface area (Å²) in [5.41, 5.74) is 1.62. The normalized spacial score (nSPS) is 23.8. The van der Waals surface area contributed by atoms with E-state index in [1.54, 1.807) is 7.11 Å². The van der Waals surface area contributed by atoms with Crippen molar-refractivity contribution in [2.45, 2.75) is 32.2 Å². The smallest absolute Gasteiger partial charge is 0.303 e. The fourth-order valence-corrected chi connectivity index (χ4v) is 4.58. The molecule has 0 unspecified atom stereocenters. The average molecular weight is 404 g/mol. The van der Waals surface area contributed by atoms with E-state index in [2.05, 4.69) is 16.8 Å². The van der Waals surface area contributed by atoms with Gasteiger partial charge in [0, 0.05) is 51.7 Å². The zero-order chi connectivity index (χ0) is 21.0. The molecule has 0 radical (unpaired) electrons. The quantitative estimate of drug-likeness (QED) is 0.783. The first-order valence-electron chi connectivity index (χ1n) is 10.5. The zero-order valence-electron chi connectivity index (χ0n) is 17.8. The lowest BCUT2D eigenvalue weighted by molar-refractivity contribution is -0.137. The van der Waals surface area contributed by atoms with Gasteiger partial charge >= 0.3 is 5.97 Å². The lowest BCUT2D eigenvalue weighted by atomic mass is 9.86. The van der Waals surface area contributed by atoms with Gasteiger partial charge < -0.3 is 19.6 Å². The minimum absolute atomic E-state index is 0.0287. The van der Waals surface area contributed by atoms with E-state index in [0.29, 0.717) is 36.9 Å². The van der Waals surface area contributed by atoms with Gasteiger partial charge in [-0.1, -0.05) is 6.07 Å². The Morgan fingerprint density at radius 1 is 1.17 bits per heavy atom. The molecule has 0 saturated carbocycles. The first kappa shape index (κ1) is 21.6. The van der Waals surface area contributed by atoms with Crippen LogP contribution in [0, 0.1) is 12.8 Å². The van der Waals surface area contributed by atoms with Crippen molar-refractivity contribution in [3.63, 3.8) is 0 Å². The topological polar surface area (TPSA) is 73.3 Å². The molecule has 2 fully saturated rings. The van der Waals surface area contributed by atoms with Gasteiger partial charge in [0.15, 0.2) is 0 Å². The number of methoxy groups -OCH3 is 1. The van der Waals surface area contributed by atoms with Crippen molar-refractivity contribution >= 4 is 11.9 Å². The number of hydrogen-bond donors (Lipinski definition) is 1. The molecule has 0 aliphatic carbocycles. The van der Waals surface area contributed by atoms with Crippen LogP contribution in [0.2, 0.25) is 0 Å². The SMILES string of the molecule is COc1cc(C)ccc1C(=O)N1CC[C@@H](N2CCN(C)CC2)[C@@H](CCC(=O)O)C1. The van der Waals surface area contributed by atoms with E-state index in [0.717, 1.165) is 38.2 Å². The second-order valence-electron chi connectivity index (χ2n) is 8.34. The summed E-state index contributed by atoms with van der Waals surface area (Å²) < 4.78 is 5.43. The summed E-state index contributed by atoms with van der Waals surface area (Å²) >= 11 is 0. The summed E-state index contributed by atoms with van der Waals surface area (Å²) in [5.74, 6) is -0.0355. The van der Waals surface area contributed by atoms with Crippen LogP contribution in [0.25, 0.3) is 0 Å². The fourth-order valence-electron chi connectivity index (χ4n) is 4.58. The van der Waals surface area contributed by atoms with Crippen molar-refractivity contribution in [2.75, 3.05) is 53.4 Å². The molecule has 29 heavy (non-hydrogen) atoms. The van der Waals surface area contributed by atoms with Crippen molar-refractivity contribution < 1.29 is 19.4 Å². The van der Waals surface area contributed by atoms with Crippen LogP contribution in [0.4, 0.5) is 0 Å². The van der Waals surface area contributed by atoms with Gasteiger partial charge in [-0.25, -0.2) is 0 Å². The van der Waals surface area contributed by atoms with Crippen molar-refractivity contribution in [2.24, 2.45) is 5.92 Å². The molecule has 2 heterocycles. The van der Waals surface area contributed by atoms with Crippen LogP contribution in [0.15, 0.2) is 18.2 Å². The Morgan fingerprint density at radius 3 is 2.55 bits per heavy atom. The number of carbonyl (C=O) groups excluding carboxylic acids is 1. The van der Waals surface area contributed by atoms with Crippen LogP contribution in [0.5, 0.6) is 5.75 Å². The predicted molar refractivity (Wildman–Crippen MR) is 111 cm³/mol. The maximum Gasteiger partial charge on any atom is 0.303 e. The number of likely N-dealkylation sites (N-methyl/N-ethyl adjacent to an activating group) is 1. The Bertz CT molecular complexity index is 731. The number of benzene rings is 1. The molecule has 1 aromatic rings. The summed E-state index contributed by atoms with van der Waals surface area (Å²) in [4.78, 5) is 31.1. The molecule has 7 nitrogen and oxygen atoms in total. The zero-order valence-corrected chi connectivity index (χ0v) is 17.8. The van der Waals surface area contributed by atoms with Gasteiger partial charge in [-0.05, 0) is 50.4 Å². The fraction of sp³-hybridized carbons (Fsp3) is 0.636. The molecule has 7 heteroatoms. The Labute approximate surface area is 173 Å². The van der Waals surface area contributed by atoms with Gasteiger partial charge in [0.1, 0.15) is 5.75 Å². The third-order valence-corrected chi connectivity index (χ3v) is 6.30. The Morgan fingerprint density at radius 2 is 1.90 bits per heavy atom. The lowest BCUT2D eigenvalue weighted by Crippen LogP contribution is -2.57. The van der Waals surface area contributed by atoms with Crippen molar-refractivity contribution in [1.82, 2.24) is 14.7 Å². The summed E-state index contributed by atoms with van der Waals surface area (Å²) in [6.45, 7) is 7.34. The number of ether oxygens (including phenoxy) is 1. The minimum atomic E-state index is -0.772. The highest BCUT2D eigenvalue weighted by Crippen LogP contribution is 2.30. The second kappa shape index (κ2) is 9.59. The maximum absolute atomic E-state index is 13.2. The Balaban J connectivity index is 1.74. The average Bonchev–Trinajstić information content (AvgIpc) is 2.72. The van der Waals surface area contributed by atoms with Crippen LogP contribution in [0.3, 0.4) is 0 Å². The van der Waals surface area contributed by atoms with E-state index in [4.69, 9.17) is 4.74 Å². The molecular weight excluding hydrogens is 370 g/mol. The molecule has 0 spiro atoms. The molecule has 1 N–H and O–H groups in total. The number of rotatable bonds is 6. The third-order valence-electron chi connectivity index (χ3n) is 6.30.